The van der Waals surface area contributed by atoms with Crippen LogP contribution in [0.25, 0.3) is 0 Å². The van der Waals surface area contributed by atoms with Crippen LogP contribution >= 0.6 is 11.6 Å². The van der Waals surface area contributed by atoms with E-state index in [2.05, 4.69) is 55.6 Å². The maximum atomic E-state index is 6.28. The van der Waals surface area contributed by atoms with Gasteiger partial charge in [-0.3, -0.25) is 0 Å². The smallest absolute Gasteiger partial charge is 0.0440 e. The summed E-state index contributed by atoms with van der Waals surface area (Å²) in [6, 6.07) is 17.9. The minimum atomic E-state index is 0.406. The molecule has 21 heavy (non-hydrogen) atoms. The molecule has 1 atom stereocenters. The molecule has 0 radical (unpaired) electrons. The van der Waals surface area contributed by atoms with Gasteiger partial charge in [0, 0.05) is 17.1 Å². The topological polar surface area (TPSA) is 12.0 Å². The fourth-order valence-corrected chi connectivity index (χ4v) is 3.62. The second kappa shape index (κ2) is 6.21. The van der Waals surface area contributed by atoms with E-state index in [0.29, 0.717) is 18.0 Å². The summed E-state index contributed by atoms with van der Waals surface area (Å²) in [5.41, 5.74) is 4.07. The van der Waals surface area contributed by atoms with E-state index < -0.39 is 0 Å². The average molecular weight is 300 g/mol. The van der Waals surface area contributed by atoms with Crippen LogP contribution in [0.3, 0.4) is 0 Å². The Kier molecular flexibility index (Phi) is 4.32. The molecule has 1 fully saturated rings. The highest BCUT2D eigenvalue weighted by molar-refractivity contribution is 6.31. The van der Waals surface area contributed by atoms with Crippen LogP contribution < -0.4 is 5.32 Å². The second-order valence-electron chi connectivity index (χ2n) is 6.13. The van der Waals surface area contributed by atoms with Gasteiger partial charge < -0.3 is 5.32 Å². The zero-order valence-electron chi connectivity index (χ0n) is 12.6. The molecule has 3 rings (SSSR count). The Bertz CT molecular complexity index is 616. The predicted octanol–water partition coefficient (Wildman–Crippen LogP) is 5.25. The molecule has 1 aliphatic carbocycles. The lowest BCUT2D eigenvalue weighted by atomic mass is 9.75. The average Bonchev–Trinajstić information content (AvgIpc) is 2.44. The molecule has 0 amide bonds. The molecule has 0 spiro atoms. The van der Waals surface area contributed by atoms with E-state index >= 15 is 0 Å². The van der Waals surface area contributed by atoms with Crippen molar-refractivity contribution in [3.05, 3.63) is 70.2 Å². The Hall–Kier alpha value is -1.31. The van der Waals surface area contributed by atoms with Gasteiger partial charge in [0.15, 0.2) is 0 Å². The van der Waals surface area contributed by atoms with E-state index in [4.69, 9.17) is 11.6 Å². The lowest BCUT2D eigenvalue weighted by Crippen LogP contribution is -2.41. The minimum Gasteiger partial charge on any atom is -0.307 e. The third-order valence-corrected chi connectivity index (χ3v) is 4.97. The monoisotopic (exact) mass is 299 g/mol. The van der Waals surface area contributed by atoms with Gasteiger partial charge in [0.2, 0.25) is 0 Å². The van der Waals surface area contributed by atoms with Crippen molar-refractivity contribution >= 4 is 11.6 Å². The summed E-state index contributed by atoms with van der Waals surface area (Å²) in [6.07, 6.45) is 2.36. The quantitative estimate of drug-likeness (QED) is 0.813. The summed E-state index contributed by atoms with van der Waals surface area (Å²) < 4.78 is 0. The van der Waals surface area contributed by atoms with E-state index in [1.807, 2.05) is 12.1 Å². The van der Waals surface area contributed by atoms with Crippen molar-refractivity contribution in [3.8, 4) is 0 Å². The molecule has 110 valence electrons. The Morgan fingerprint density at radius 3 is 2.43 bits per heavy atom. The summed E-state index contributed by atoms with van der Waals surface area (Å²) >= 11 is 6.28. The highest BCUT2D eigenvalue weighted by atomic mass is 35.5. The molecule has 0 saturated heterocycles. The molecule has 2 aromatic rings. The van der Waals surface area contributed by atoms with Crippen molar-refractivity contribution in [1.82, 2.24) is 5.32 Å². The molecule has 1 nitrogen and oxygen atoms in total. The lowest BCUT2D eigenvalue weighted by Gasteiger charge is -2.38. The number of aryl methyl sites for hydroxylation is 1. The Labute approximate surface area is 132 Å². The van der Waals surface area contributed by atoms with Crippen molar-refractivity contribution in [1.29, 1.82) is 0 Å². The molecule has 1 aliphatic rings. The third-order valence-electron chi connectivity index (χ3n) is 4.62. The third kappa shape index (κ3) is 3.14. The van der Waals surface area contributed by atoms with Gasteiger partial charge in [-0.15, -0.1) is 0 Å². The number of halogens is 1. The second-order valence-corrected chi connectivity index (χ2v) is 6.54. The molecule has 2 heteroatoms. The first kappa shape index (κ1) is 14.6. The van der Waals surface area contributed by atoms with Crippen LogP contribution in [-0.4, -0.2) is 6.04 Å². The highest BCUT2D eigenvalue weighted by Crippen LogP contribution is 2.40. The first-order chi connectivity index (χ1) is 10.1. The van der Waals surface area contributed by atoms with Crippen molar-refractivity contribution in [2.45, 2.75) is 44.7 Å². The summed E-state index contributed by atoms with van der Waals surface area (Å²) in [5.74, 6) is 0.611. The zero-order valence-corrected chi connectivity index (χ0v) is 13.4. The maximum absolute atomic E-state index is 6.28. The number of nitrogens with one attached hydrogen (secondary N) is 1. The van der Waals surface area contributed by atoms with E-state index in [-0.39, 0.29) is 0 Å². The molecule has 1 saturated carbocycles. The van der Waals surface area contributed by atoms with Crippen LogP contribution in [0.5, 0.6) is 0 Å². The first-order valence-corrected chi connectivity index (χ1v) is 8.09. The Morgan fingerprint density at radius 1 is 1.05 bits per heavy atom. The molecule has 0 unspecified atom stereocenters. The fourth-order valence-electron chi connectivity index (χ4n) is 3.33. The fraction of sp³-hybridized carbons (Fsp3) is 0.368. The van der Waals surface area contributed by atoms with E-state index in [0.717, 1.165) is 5.02 Å². The van der Waals surface area contributed by atoms with E-state index in [1.54, 1.807) is 0 Å². The molecular weight excluding hydrogens is 278 g/mol. The van der Waals surface area contributed by atoms with E-state index in [9.17, 15) is 0 Å². The Morgan fingerprint density at radius 2 is 1.71 bits per heavy atom. The van der Waals surface area contributed by atoms with Gasteiger partial charge in [-0.05, 0) is 55.4 Å². The number of benzene rings is 2. The standard InChI is InChI=1S/C19H22ClN/c1-13-7-3-4-8-17(13)14(2)21-16-11-15(12-16)18-9-5-6-10-19(18)20/h3-10,14-16,21H,11-12H2,1-2H3/t14-,15?,16?/m0/s1. The van der Waals surface area contributed by atoms with Crippen molar-refractivity contribution in [2.24, 2.45) is 0 Å². The van der Waals surface area contributed by atoms with Crippen molar-refractivity contribution in [2.75, 3.05) is 0 Å². The Balaban J connectivity index is 1.58. The molecular formula is C19H22ClN. The van der Waals surface area contributed by atoms with Gasteiger partial charge in [-0.25, -0.2) is 0 Å². The van der Waals surface area contributed by atoms with Crippen LogP contribution in [0.1, 0.15) is 48.4 Å². The molecule has 0 bridgehead atoms. The SMILES string of the molecule is Cc1ccccc1[C@H](C)NC1CC(c2ccccc2Cl)C1. The van der Waals surface area contributed by atoms with Gasteiger partial charge in [-0.2, -0.15) is 0 Å². The number of rotatable bonds is 4. The van der Waals surface area contributed by atoms with Crippen LogP contribution in [0, 0.1) is 6.92 Å². The first-order valence-electron chi connectivity index (χ1n) is 7.71. The molecule has 2 aromatic carbocycles. The van der Waals surface area contributed by atoms with Gasteiger partial charge in [-0.1, -0.05) is 54.1 Å². The number of hydrogen-bond donors (Lipinski definition) is 1. The van der Waals surface area contributed by atoms with Crippen molar-refractivity contribution < 1.29 is 0 Å². The molecule has 0 heterocycles. The van der Waals surface area contributed by atoms with Crippen LogP contribution in [0.4, 0.5) is 0 Å². The zero-order chi connectivity index (χ0) is 14.8. The van der Waals surface area contributed by atoms with Gasteiger partial charge >= 0.3 is 0 Å². The van der Waals surface area contributed by atoms with Crippen molar-refractivity contribution in [3.63, 3.8) is 0 Å². The normalized spacial score (nSPS) is 22.6. The van der Waals surface area contributed by atoms with Gasteiger partial charge in [0.05, 0.1) is 0 Å². The molecule has 0 aromatic heterocycles. The van der Waals surface area contributed by atoms with Crippen LogP contribution in [0.15, 0.2) is 48.5 Å². The van der Waals surface area contributed by atoms with Crippen LogP contribution in [-0.2, 0) is 0 Å². The van der Waals surface area contributed by atoms with E-state index in [1.165, 1.54) is 29.5 Å². The molecule has 0 aliphatic heterocycles. The summed E-state index contributed by atoms with van der Waals surface area (Å²) in [7, 11) is 0. The lowest BCUT2D eigenvalue weighted by molar-refractivity contribution is 0.270. The summed E-state index contributed by atoms with van der Waals surface area (Å²) in [5, 5.41) is 4.66. The largest absolute Gasteiger partial charge is 0.307 e. The van der Waals surface area contributed by atoms with Gasteiger partial charge in [0.1, 0.15) is 0 Å². The van der Waals surface area contributed by atoms with Crippen LogP contribution in [0.2, 0.25) is 5.02 Å². The number of hydrogen-bond acceptors (Lipinski definition) is 1. The highest BCUT2D eigenvalue weighted by Gasteiger charge is 2.32. The maximum Gasteiger partial charge on any atom is 0.0440 e. The minimum absolute atomic E-state index is 0.406. The predicted molar refractivity (Wildman–Crippen MR) is 89.9 cm³/mol. The summed E-state index contributed by atoms with van der Waals surface area (Å²) in [6.45, 7) is 4.44. The summed E-state index contributed by atoms with van der Waals surface area (Å²) in [4.78, 5) is 0. The van der Waals surface area contributed by atoms with Gasteiger partial charge in [0.25, 0.3) is 0 Å². The molecule has 1 N–H and O–H groups in total.